The van der Waals surface area contributed by atoms with E-state index in [1.807, 2.05) is 6.92 Å². The fourth-order valence-corrected chi connectivity index (χ4v) is 2.15. The van der Waals surface area contributed by atoms with Crippen LogP contribution in [0.15, 0.2) is 18.2 Å². The SMILES string of the molecule is CCCNC(CCOCC)Cc1ccc(F)c(Cl)c1. The third-order valence-corrected chi connectivity index (χ3v) is 3.25. The summed E-state index contributed by atoms with van der Waals surface area (Å²) in [4.78, 5) is 0. The molecule has 0 spiro atoms. The van der Waals surface area contributed by atoms with Crippen LogP contribution in [0.1, 0.15) is 32.3 Å². The Balaban J connectivity index is 2.56. The monoisotopic (exact) mass is 287 g/mol. The lowest BCUT2D eigenvalue weighted by Gasteiger charge is -2.18. The molecule has 0 aliphatic carbocycles. The predicted molar refractivity (Wildman–Crippen MR) is 78.3 cm³/mol. The molecule has 108 valence electrons. The van der Waals surface area contributed by atoms with Gasteiger partial charge in [0.1, 0.15) is 5.82 Å². The zero-order valence-electron chi connectivity index (χ0n) is 11.7. The first kappa shape index (κ1) is 16.4. The van der Waals surface area contributed by atoms with Crippen LogP contribution in [0.5, 0.6) is 0 Å². The Morgan fingerprint density at radius 1 is 1.37 bits per heavy atom. The van der Waals surface area contributed by atoms with E-state index in [9.17, 15) is 4.39 Å². The first-order valence-electron chi connectivity index (χ1n) is 6.92. The molecule has 0 aliphatic heterocycles. The fourth-order valence-electron chi connectivity index (χ4n) is 1.95. The van der Waals surface area contributed by atoms with Gasteiger partial charge in [-0.3, -0.25) is 0 Å². The van der Waals surface area contributed by atoms with E-state index in [4.69, 9.17) is 16.3 Å². The molecule has 0 heterocycles. The molecule has 4 heteroatoms. The zero-order valence-corrected chi connectivity index (χ0v) is 12.5. The number of nitrogens with one attached hydrogen (secondary N) is 1. The lowest BCUT2D eigenvalue weighted by atomic mass is 10.0. The lowest BCUT2D eigenvalue weighted by molar-refractivity contribution is 0.136. The average molecular weight is 288 g/mol. The van der Waals surface area contributed by atoms with E-state index in [0.717, 1.165) is 44.6 Å². The maximum absolute atomic E-state index is 13.1. The lowest BCUT2D eigenvalue weighted by Crippen LogP contribution is -2.33. The van der Waals surface area contributed by atoms with Crippen LogP contribution in [0.2, 0.25) is 5.02 Å². The molecule has 0 aliphatic rings. The van der Waals surface area contributed by atoms with Gasteiger partial charge in [0.2, 0.25) is 0 Å². The van der Waals surface area contributed by atoms with Gasteiger partial charge in [-0.15, -0.1) is 0 Å². The summed E-state index contributed by atoms with van der Waals surface area (Å²) in [6.07, 6.45) is 2.88. The Hall–Kier alpha value is -0.640. The molecule has 0 aromatic heterocycles. The summed E-state index contributed by atoms with van der Waals surface area (Å²) in [5.74, 6) is -0.363. The highest BCUT2D eigenvalue weighted by Crippen LogP contribution is 2.17. The van der Waals surface area contributed by atoms with Crippen molar-refractivity contribution in [2.45, 2.75) is 39.2 Å². The Bertz CT molecular complexity index is 373. The molecule has 0 saturated heterocycles. The molecule has 2 nitrogen and oxygen atoms in total. The second-order valence-corrected chi connectivity index (χ2v) is 5.00. The molecular weight excluding hydrogens is 265 g/mol. The first-order valence-corrected chi connectivity index (χ1v) is 7.30. The summed E-state index contributed by atoms with van der Waals surface area (Å²) >= 11 is 5.81. The first-order chi connectivity index (χ1) is 9.17. The molecule has 0 saturated carbocycles. The van der Waals surface area contributed by atoms with Crippen molar-refractivity contribution in [3.05, 3.63) is 34.6 Å². The molecular formula is C15H23ClFNO. The largest absolute Gasteiger partial charge is 0.382 e. The van der Waals surface area contributed by atoms with Crippen LogP contribution in [-0.4, -0.2) is 25.8 Å². The number of benzene rings is 1. The van der Waals surface area contributed by atoms with E-state index in [2.05, 4.69) is 12.2 Å². The summed E-state index contributed by atoms with van der Waals surface area (Å²) < 4.78 is 18.5. The standard InChI is InChI=1S/C15H23ClFNO/c1-3-8-18-13(7-9-19-4-2)10-12-5-6-15(17)14(16)11-12/h5-6,11,13,18H,3-4,7-10H2,1-2H3. The van der Waals surface area contributed by atoms with Crippen molar-refractivity contribution < 1.29 is 9.13 Å². The predicted octanol–water partition coefficient (Wildman–Crippen LogP) is 3.82. The van der Waals surface area contributed by atoms with Crippen LogP contribution in [0.3, 0.4) is 0 Å². The minimum atomic E-state index is -0.363. The van der Waals surface area contributed by atoms with Crippen LogP contribution in [0, 0.1) is 5.82 Å². The van der Waals surface area contributed by atoms with Crippen molar-refractivity contribution in [2.75, 3.05) is 19.8 Å². The molecule has 19 heavy (non-hydrogen) atoms. The summed E-state index contributed by atoms with van der Waals surface area (Å²) in [5, 5.41) is 3.69. The van der Waals surface area contributed by atoms with Crippen LogP contribution >= 0.6 is 11.6 Å². The molecule has 1 atom stereocenters. The molecule has 0 fully saturated rings. The van der Waals surface area contributed by atoms with Crippen LogP contribution in [-0.2, 0) is 11.2 Å². The molecule has 0 bridgehead atoms. The molecule has 1 N–H and O–H groups in total. The van der Waals surface area contributed by atoms with Crippen molar-refractivity contribution in [2.24, 2.45) is 0 Å². The third-order valence-electron chi connectivity index (χ3n) is 2.96. The number of halogens is 2. The van der Waals surface area contributed by atoms with Gasteiger partial charge in [0.15, 0.2) is 0 Å². The third kappa shape index (κ3) is 6.37. The Kier molecular flexibility index (Phi) is 8.03. The van der Waals surface area contributed by atoms with Gasteiger partial charge >= 0.3 is 0 Å². The summed E-state index contributed by atoms with van der Waals surface area (Å²) in [6, 6.07) is 5.27. The summed E-state index contributed by atoms with van der Waals surface area (Å²) in [7, 11) is 0. The molecule has 0 radical (unpaired) electrons. The van der Waals surface area contributed by atoms with Crippen molar-refractivity contribution >= 4 is 11.6 Å². The van der Waals surface area contributed by atoms with Crippen LogP contribution < -0.4 is 5.32 Å². The Labute approximate surface area is 120 Å². The van der Waals surface area contributed by atoms with Crippen LogP contribution in [0.4, 0.5) is 4.39 Å². The molecule has 1 rings (SSSR count). The topological polar surface area (TPSA) is 21.3 Å². The van der Waals surface area contributed by atoms with E-state index in [1.165, 1.54) is 6.07 Å². The van der Waals surface area contributed by atoms with Crippen molar-refractivity contribution in [3.63, 3.8) is 0 Å². The molecule has 1 unspecified atom stereocenters. The van der Waals surface area contributed by atoms with Gasteiger partial charge in [-0.2, -0.15) is 0 Å². The minimum Gasteiger partial charge on any atom is -0.382 e. The number of hydrogen-bond donors (Lipinski definition) is 1. The normalized spacial score (nSPS) is 12.6. The van der Waals surface area contributed by atoms with Crippen molar-refractivity contribution in [3.8, 4) is 0 Å². The maximum Gasteiger partial charge on any atom is 0.141 e. The average Bonchev–Trinajstić information content (AvgIpc) is 2.40. The fraction of sp³-hybridized carbons (Fsp3) is 0.600. The Morgan fingerprint density at radius 3 is 2.79 bits per heavy atom. The Morgan fingerprint density at radius 2 is 2.16 bits per heavy atom. The zero-order chi connectivity index (χ0) is 14.1. The second-order valence-electron chi connectivity index (χ2n) is 4.59. The maximum atomic E-state index is 13.1. The van der Waals surface area contributed by atoms with Crippen molar-refractivity contribution in [1.82, 2.24) is 5.32 Å². The van der Waals surface area contributed by atoms with E-state index in [1.54, 1.807) is 12.1 Å². The van der Waals surface area contributed by atoms with Gasteiger partial charge in [-0.1, -0.05) is 24.6 Å². The minimum absolute atomic E-state index is 0.191. The highest BCUT2D eigenvalue weighted by Gasteiger charge is 2.10. The number of hydrogen-bond acceptors (Lipinski definition) is 2. The van der Waals surface area contributed by atoms with Gasteiger partial charge in [-0.05, 0) is 50.4 Å². The van der Waals surface area contributed by atoms with Gasteiger partial charge in [0.25, 0.3) is 0 Å². The quantitative estimate of drug-likeness (QED) is 0.697. The number of ether oxygens (including phenoxy) is 1. The highest BCUT2D eigenvalue weighted by molar-refractivity contribution is 6.30. The molecule has 1 aromatic carbocycles. The van der Waals surface area contributed by atoms with E-state index in [-0.39, 0.29) is 10.8 Å². The van der Waals surface area contributed by atoms with E-state index >= 15 is 0 Å². The van der Waals surface area contributed by atoms with E-state index < -0.39 is 0 Å². The van der Waals surface area contributed by atoms with Crippen LogP contribution in [0.25, 0.3) is 0 Å². The number of rotatable bonds is 9. The summed E-state index contributed by atoms with van der Waals surface area (Å²) in [6.45, 7) is 6.59. The van der Waals surface area contributed by atoms with Gasteiger partial charge in [0.05, 0.1) is 5.02 Å². The van der Waals surface area contributed by atoms with Gasteiger partial charge in [0, 0.05) is 19.3 Å². The molecule has 0 amide bonds. The molecule has 1 aromatic rings. The smallest absolute Gasteiger partial charge is 0.141 e. The highest BCUT2D eigenvalue weighted by atomic mass is 35.5. The summed E-state index contributed by atoms with van der Waals surface area (Å²) in [5.41, 5.74) is 1.05. The van der Waals surface area contributed by atoms with Gasteiger partial charge < -0.3 is 10.1 Å². The van der Waals surface area contributed by atoms with Gasteiger partial charge in [-0.25, -0.2) is 4.39 Å². The second kappa shape index (κ2) is 9.29. The van der Waals surface area contributed by atoms with Crippen molar-refractivity contribution in [1.29, 1.82) is 0 Å². The van der Waals surface area contributed by atoms with E-state index in [0.29, 0.717) is 6.04 Å².